The number of nitrogens with one attached hydrogen (secondary N) is 1. The number of nitrogens with zero attached hydrogens (tertiary/aromatic N) is 3. The van der Waals surface area contributed by atoms with Crippen molar-refractivity contribution in [2.75, 3.05) is 13.7 Å². The summed E-state index contributed by atoms with van der Waals surface area (Å²) in [6.07, 6.45) is 0.777. The van der Waals surface area contributed by atoms with E-state index in [1.165, 1.54) is 7.05 Å². The fourth-order valence-electron chi connectivity index (χ4n) is 3.88. The number of aryl methyl sites for hydroxylation is 1. The molecule has 176 valence electrons. The molecule has 4 rings (SSSR count). The van der Waals surface area contributed by atoms with E-state index in [-0.39, 0.29) is 23.8 Å². The zero-order chi connectivity index (χ0) is 24.2. The third-order valence-electron chi connectivity index (χ3n) is 5.79. The number of aromatic nitrogens is 3. The predicted molar refractivity (Wildman–Crippen MR) is 132 cm³/mol. The maximum Gasteiger partial charge on any atom is 0.331 e. The van der Waals surface area contributed by atoms with E-state index in [0.717, 1.165) is 27.8 Å². The Hall–Kier alpha value is -4.07. The molecular weight excluding hydrogens is 432 g/mol. The summed E-state index contributed by atoms with van der Waals surface area (Å²) in [6, 6.07) is 18.9. The van der Waals surface area contributed by atoms with E-state index >= 15 is 0 Å². The lowest BCUT2D eigenvalue weighted by atomic mass is 10.1. The van der Waals surface area contributed by atoms with Gasteiger partial charge in [0.2, 0.25) is 0 Å². The van der Waals surface area contributed by atoms with Gasteiger partial charge in [0, 0.05) is 32.9 Å². The van der Waals surface area contributed by atoms with Crippen LogP contribution in [-0.4, -0.2) is 38.6 Å². The number of likely N-dealkylation sites (N-methyl/N-ethyl adjacent to an activating group) is 1. The van der Waals surface area contributed by atoms with Crippen molar-refractivity contribution in [1.29, 1.82) is 0 Å². The van der Waals surface area contributed by atoms with Crippen molar-refractivity contribution < 1.29 is 9.53 Å². The molecule has 34 heavy (non-hydrogen) atoms. The minimum Gasteiger partial charge on any atom is -0.484 e. The number of hydrogen-bond acceptors (Lipinski definition) is 4. The molecule has 0 saturated heterocycles. The van der Waals surface area contributed by atoms with E-state index < -0.39 is 0 Å². The van der Waals surface area contributed by atoms with E-state index in [1.807, 2.05) is 55.5 Å². The van der Waals surface area contributed by atoms with Crippen LogP contribution >= 0.6 is 0 Å². The Morgan fingerprint density at radius 1 is 1.06 bits per heavy atom. The number of hydrogen-bond donors (Lipinski definition) is 1. The maximum atomic E-state index is 12.6. The molecule has 2 aromatic heterocycles. The van der Waals surface area contributed by atoms with E-state index in [1.54, 1.807) is 28.6 Å². The first kappa shape index (κ1) is 23.1. The Kier molecular flexibility index (Phi) is 6.67. The zero-order valence-electron chi connectivity index (χ0n) is 19.6. The number of amides is 1. The average Bonchev–Trinajstić information content (AvgIpc) is 3.30. The van der Waals surface area contributed by atoms with E-state index in [4.69, 9.17) is 4.74 Å². The van der Waals surface area contributed by atoms with Crippen LogP contribution in [0.3, 0.4) is 0 Å². The molecule has 0 aliphatic rings. The Labute approximate surface area is 197 Å². The molecule has 8 heteroatoms. The second-order valence-corrected chi connectivity index (χ2v) is 8.29. The molecule has 0 saturated carbocycles. The van der Waals surface area contributed by atoms with Crippen LogP contribution in [0, 0.1) is 0 Å². The zero-order valence-corrected chi connectivity index (χ0v) is 19.6. The van der Waals surface area contributed by atoms with Gasteiger partial charge in [-0.1, -0.05) is 37.3 Å². The highest BCUT2D eigenvalue weighted by atomic mass is 16.5. The molecule has 0 atom stereocenters. The quantitative estimate of drug-likeness (QED) is 0.438. The van der Waals surface area contributed by atoms with E-state index in [9.17, 15) is 14.4 Å². The lowest BCUT2D eigenvalue weighted by Crippen LogP contribution is -2.38. The number of fused-ring (bicyclic) bond motifs is 1. The molecule has 0 fully saturated rings. The van der Waals surface area contributed by atoms with E-state index in [2.05, 4.69) is 4.98 Å². The Morgan fingerprint density at radius 2 is 1.76 bits per heavy atom. The van der Waals surface area contributed by atoms with Crippen LogP contribution in [0.4, 0.5) is 0 Å². The van der Waals surface area contributed by atoms with Gasteiger partial charge in [-0.25, -0.2) is 4.79 Å². The van der Waals surface area contributed by atoms with Crippen molar-refractivity contribution >= 4 is 16.9 Å². The van der Waals surface area contributed by atoms with Gasteiger partial charge in [0.05, 0.1) is 5.52 Å². The van der Waals surface area contributed by atoms with Gasteiger partial charge in [0.25, 0.3) is 11.5 Å². The third-order valence-corrected chi connectivity index (χ3v) is 5.79. The molecule has 1 amide bonds. The van der Waals surface area contributed by atoms with Crippen LogP contribution in [0.2, 0.25) is 0 Å². The third kappa shape index (κ3) is 4.66. The first-order valence-corrected chi connectivity index (χ1v) is 11.2. The number of carbonyl (C=O) groups is 1. The van der Waals surface area contributed by atoms with Crippen molar-refractivity contribution in [3.05, 3.63) is 87.1 Å². The highest BCUT2D eigenvalue weighted by Gasteiger charge is 2.15. The fourth-order valence-corrected chi connectivity index (χ4v) is 3.88. The van der Waals surface area contributed by atoms with Crippen LogP contribution in [0.15, 0.2) is 70.3 Å². The Morgan fingerprint density at radius 3 is 2.44 bits per heavy atom. The molecule has 0 aliphatic heterocycles. The van der Waals surface area contributed by atoms with Crippen molar-refractivity contribution in [2.45, 2.75) is 26.4 Å². The van der Waals surface area contributed by atoms with E-state index in [0.29, 0.717) is 29.9 Å². The smallest absolute Gasteiger partial charge is 0.331 e. The number of H-pyrrole nitrogens is 1. The molecule has 8 nitrogen and oxygen atoms in total. The van der Waals surface area contributed by atoms with Gasteiger partial charge in [0.1, 0.15) is 11.3 Å². The highest BCUT2D eigenvalue weighted by molar-refractivity contribution is 5.82. The SMILES string of the molecule is CCCn1c(=O)n(C)c(=O)c2[nH]c(-c3ccc(OCC(=O)N(C)Cc4ccccc4)cc3)cc21. The average molecular weight is 461 g/mol. The van der Waals surface area contributed by atoms with Crippen LogP contribution < -0.4 is 16.0 Å². The first-order chi connectivity index (χ1) is 16.4. The number of aromatic amines is 1. The minimum atomic E-state index is -0.350. The van der Waals surface area contributed by atoms with Crippen LogP contribution in [0.1, 0.15) is 18.9 Å². The van der Waals surface area contributed by atoms with Crippen molar-refractivity contribution in [3.8, 4) is 17.0 Å². The summed E-state index contributed by atoms with van der Waals surface area (Å²) >= 11 is 0. The van der Waals surface area contributed by atoms with Gasteiger partial charge >= 0.3 is 5.69 Å². The summed E-state index contributed by atoms with van der Waals surface area (Å²) in [6.45, 7) is 2.97. The predicted octanol–water partition coefficient (Wildman–Crippen LogP) is 3.14. The molecule has 0 spiro atoms. The lowest BCUT2D eigenvalue weighted by Gasteiger charge is -2.17. The minimum absolute atomic E-state index is 0.0611. The molecule has 0 unspecified atom stereocenters. The summed E-state index contributed by atoms with van der Waals surface area (Å²) in [4.78, 5) is 42.3. The summed E-state index contributed by atoms with van der Waals surface area (Å²) in [5.74, 6) is 0.452. The van der Waals surface area contributed by atoms with Gasteiger partial charge in [-0.2, -0.15) is 0 Å². The van der Waals surface area contributed by atoms with Gasteiger partial charge in [0.15, 0.2) is 6.61 Å². The van der Waals surface area contributed by atoms with Crippen molar-refractivity contribution in [3.63, 3.8) is 0 Å². The Bertz CT molecular complexity index is 1420. The summed E-state index contributed by atoms with van der Waals surface area (Å²) in [7, 11) is 3.24. The fraction of sp³-hybridized carbons (Fsp3) is 0.269. The first-order valence-electron chi connectivity index (χ1n) is 11.2. The number of rotatable bonds is 8. The second kappa shape index (κ2) is 9.82. The number of benzene rings is 2. The molecule has 2 aromatic carbocycles. The number of ether oxygens (including phenoxy) is 1. The van der Waals surface area contributed by atoms with Crippen LogP contribution in [-0.2, 0) is 24.9 Å². The molecule has 4 aromatic rings. The molecular formula is C26H28N4O4. The molecule has 0 bridgehead atoms. The maximum absolute atomic E-state index is 12.6. The number of carbonyl (C=O) groups excluding carboxylic acids is 1. The summed E-state index contributed by atoms with van der Waals surface area (Å²) in [5.41, 5.74) is 2.95. The van der Waals surface area contributed by atoms with Gasteiger partial charge in [-0.3, -0.25) is 18.7 Å². The van der Waals surface area contributed by atoms with Gasteiger partial charge < -0.3 is 14.6 Å². The largest absolute Gasteiger partial charge is 0.484 e. The second-order valence-electron chi connectivity index (χ2n) is 8.29. The molecule has 1 N–H and O–H groups in total. The summed E-state index contributed by atoms with van der Waals surface area (Å²) in [5, 5.41) is 0. The molecule has 0 radical (unpaired) electrons. The van der Waals surface area contributed by atoms with Gasteiger partial charge in [-0.15, -0.1) is 0 Å². The standard InChI is InChI=1S/C26H28N4O4/c1-4-14-30-22-15-21(27-24(22)25(32)29(3)26(30)33)19-10-12-20(13-11-19)34-17-23(31)28(2)16-18-8-6-5-7-9-18/h5-13,15,27H,4,14,16-17H2,1-3H3. The molecule has 0 aliphatic carbocycles. The highest BCUT2D eigenvalue weighted by Crippen LogP contribution is 2.24. The van der Waals surface area contributed by atoms with Crippen LogP contribution in [0.5, 0.6) is 5.75 Å². The monoisotopic (exact) mass is 460 g/mol. The summed E-state index contributed by atoms with van der Waals surface area (Å²) < 4.78 is 8.42. The lowest BCUT2D eigenvalue weighted by molar-refractivity contribution is -0.132. The molecule has 2 heterocycles. The normalized spacial score (nSPS) is 11.0. The van der Waals surface area contributed by atoms with Gasteiger partial charge in [-0.05, 0) is 47.9 Å². The van der Waals surface area contributed by atoms with Crippen molar-refractivity contribution in [1.82, 2.24) is 19.0 Å². The Balaban J connectivity index is 1.48. The topological polar surface area (TPSA) is 89.3 Å². The van der Waals surface area contributed by atoms with Crippen molar-refractivity contribution in [2.24, 2.45) is 7.05 Å². The van der Waals surface area contributed by atoms with Crippen LogP contribution in [0.25, 0.3) is 22.3 Å².